The molecule has 0 radical (unpaired) electrons. The van der Waals surface area contributed by atoms with E-state index in [-0.39, 0.29) is 5.91 Å². The molecule has 108 valence electrons. The first-order chi connectivity index (χ1) is 9.65. The van der Waals surface area contributed by atoms with Crippen LogP contribution >= 0.6 is 0 Å². The average Bonchev–Trinajstić information content (AvgIpc) is 2.73. The van der Waals surface area contributed by atoms with E-state index in [1.165, 1.54) is 0 Å². The van der Waals surface area contributed by atoms with Crippen LogP contribution in [0.15, 0.2) is 18.2 Å². The lowest BCUT2D eigenvalue weighted by Gasteiger charge is -2.05. The molecule has 5 nitrogen and oxygen atoms in total. The molecule has 3 N–H and O–H groups in total. The molecule has 1 heterocycles. The Morgan fingerprint density at radius 3 is 2.85 bits per heavy atom. The van der Waals surface area contributed by atoms with E-state index in [2.05, 4.69) is 17.2 Å². The molecule has 5 heteroatoms. The topological polar surface area (TPSA) is 72.9 Å². The number of hydrogen-bond acceptors (Lipinski definition) is 3. The number of hydrogen-bond donors (Lipinski definition) is 2. The van der Waals surface area contributed by atoms with Gasteiger partial charge in [0.05, 0.1) is 11.0 Å². The van der Waals surface area contributed by atoms with Gasteiger partial charge in [0.25, 0.3) is 0 Å². The number of nitrogens with zero attached hydrogens (tertiary/aromatic N) is 2. The molecular weight excluding hydrogens is 252 g/mol. The quantitative estimate of drug-likeness (QED) is 0.795. The van der Waals surface area contributed by atoms with Crippen LogP contribution in [-0.4, -0.2) is 15.5 Å². The second-order valence-electron chi connectivity index (χ2n) is 4.92. The van der Waals surface area contributed by atoms with Crippen molar-refractivity contribution in [3.8, 4) is 0 Å². The predicted octanol–water partition coefficient (Wildman–Crippen LogP) is 3.16. The molecule has 1 aromatic carbocycles. The molecule has 0 saturated carbocycles. The maximum atomic E-state index is 11.8. The summed E-state index contributed by atoms with van der Waals surface area (Å²) in [4.78, 5) is 16.1. The zero-order chi connectivity index (χ0) is 14.5. The highest BCUT2D eigenvalue weighted by Crippen LogP contribution is 2.21. The van der Waals surface area contributed by atoms with Crippen LogP contribution in [0.3, 0.4) is 0 Å². The van der Waals surface area contributed by atoms with E-state index >= 15 is 0 Å². The van der Waals surface area contributed by atoms with E-state index in [0.29, 0.717) is 12.4 Å². The van der Waals surface area contributed by atoms with E-state index in [1.807, 2.05) is 29.7 Å². The second kappa shape index (κ2) is 6.41. The highest BCUT2D eigenvalue weighted by Gasteiger charge is 2.08. The molecule has 0 unspecified atom stereocenters. The van der Waals surface area contributed by atoms with E-state index in [1.54, 1.807) is 0 Å². The van der Waals surface area contributed by atoms with Crippen LogP contribution in [0, 0.1) is 0 Å². The first-order valence-electron chi connectivity index (χ1n) is 7.21. The van der Waals surface area contributed by atoms with Crippen molar-refractivity contribution in [3.05, 3.63) is 18.2 Å². The van der Waals surface area contributed by atoms with Gasteiger partial charge in [-0.2, -0.15) is 0 Å². The first-order valence-corrected chi connectivity index (χ1v) is 7.21. The monoisotopic (exact) mass is 274 g/mol. The zero-order valence-electron chi connectivity index (χ0n) is 12.1. The van der Waals surface area contributed by atoms with E-state index in [4.69, 9.17) is 5.73 Å². The molecular formula is C15H22N4O. The van der Waals surface area contributed by atoms with Crippen LogP contribution in [0.4, 0.5) is 11.6 Å². The van der Waals surface area contributed by atoms with Crippen molar-refractivity contribution in [3.63, 3.8) is 0 Å². The highest BCUT2D eigenvalue weighted by atomic mass is 16.1. The van der Waals surface area contributed by atoms with Crippen molar-refractivity contribution in [2.24, 2.45) is 0 Å². The van der Waals surface area contributed by atoms with Crippen molar-refractivity contribution in [1.29, 1.82) is 0 Å². The Labute approximate surface area is 119 Å². The van der Waals surface area contributed by atoms with E-state index in [0.717, 1.165) is 42.5 Å². The number of carbonyl (C=O) groups excluding carboxylic acids is 1. The number of nitrogen functional groups attached to an aromatic ring is 1. The number of nitrogens with one attached hydrogen (secondary N) is 1. The van der Waals surface area contributed by atoms with Gasteiger partial charge in [0.15, 0.2) is 0 Å². The summed E-state index contributed by atoms with van der Waals surface area (Å²) >= 11 is 0. The third-order valence-corrected chi connectivity index (χ3v) is 3.39. The molecule has 1 aromatic heterocycles. The number of benzene rings is 1. The lowest BCUT2D eigenvalue weighted by Crippen LogP contribution is -2.10. The molecule has 0 aliphatic carbocycles. The number of fused-ring (bicyclic) bond motifs is 1. The maximum Gasteiger partial charge on any atom is 0.224 e. The molecule has 0 fully saturated rings. The number of aromatic nitrogens is 2. The number of unbranched alkanes of at least 4 members (excludes halogenated alkanes) is 2. The van der Waals surface area contributed by atoms with Crippen LogP contribution in [0.1, 0.15) is 39.5 Å². The third-order valence-electron chi connectivity index (χ3n) is 3.39. The fourth-order valence-corrected chi connectivity index (χ4v) is 2.32. The first kappa shape index (κ1) is 14.4. The number of amides is 1. The van der Waals surface area contributed by atoms with Gasteiger partial charge in [-0.15, -0.1) is 0 Å². The van der Waals surface area contributed by atoms with Crippen LogP contribution in [0.5, 0.6) is 0 Å². The van der Waals surface area contributed by atoms with Crippen LogP contribution < -0.4 is 11.1 Å². The van der Waals surface area contributed by atoms with Crippen molar-refractivity contribution in [1.82, 2.24) is 9.55 Å². The Morgan fingerprint density at radius 2 is 2.15 bits per heavy atom. The summed E-state index contributed by atoms with van der Waals surface area (Å²) in [5.74, 6) is 0.564. The molecule has 20 heavy (non-hydrogen) atoms. The summed E-state index contributed by atoms with van der Waals surface area (Å²) in [5, 5.41) is 2.91. The van der Waals surface area contributed by atoms with E-state index < -0.39 is 0 Å². The van der Waals surface area contributed by atoms with Gasteiger partial charge in [-0.25, -0.2) is 4.98 Å². The van der Waals surface area contributed by atoms with Gasteiger partial charge in [0.1, 0.15) is 0 Å². The molecule has 1 amide bonds. The van der Waals surface area contributed by atoms with Crippen molar-refractivity contribution in [2.75, 3.05) is 11.1 Å². The summed E-state index contributed by atoms with van der Waals surface area (Å²) in [6.07, 6.45) is 3.70. The normalized spacial score (nSPS) is 10.9. The van der Waals surface area contributed by atoms with E-state index in [9.17, 15) is 4.79 Å². The average molecular weight is 274 g/mol. The van der Waals surface area contributed by atoms with Crippen molar-refractivity contribution < 1.29 is 4.79 Å². The Kier molecular flexibility index (Phi) is 4.61. The molecule has 0 saturated heterocycles. The summed E-state index contributed by atoms with van der Waals surface area (Å²) < 4.78 is 1.95. The number of rotatable bonds is 6. The number of carbonyl (C=O) groups is 1. The van der Waals surface area contributed by atoms with Gasteiger partial charge in [-0.1, -0.05) is 19.8 Å². The summed E-state index contributed by atoms with van der Waals surface area (Å²) in [6.45, 7) is 4.94. The SMILES string of the molecule is CCCCCC(=O)Nc1ccc2c(c1)nc(N)n2CC. The van der Waals surface area contributed by atoms with Gasteiger partial charge in [0.2, 0.25) is 11.9 Å². The van der Waals surface area contributed by atoms with Gasteiger partial charge in [-0.3, -0.25) is 4.79 Å². The van der Waals surface area contributed by atoms with Crippen LogP contribution in [-0.2, 0) is 11.3 Å². The van der Waals surface area contributed by atoms with Gasteiger partial charge in [0, 0.05) is 18.7 Å². The van der Waals surface area contributed by atoms with Crippen molar-refractivity contribution >= 4 is 28.6 Å². The molecule has 0 bridgehead atoms. The third kappa shape index (κ3) is 3.10. The van der Waals surface area contributed by atoms with Gasteiger partial charge in [-0.05, 0) is 31.5 Å². The minimum Gasteiger partial charge on any atom is -0.369 e. The smallest absolute Gasteiger partial charge is 0.224 e. The summed E-state index contributed by atoms with van der Waals surface area (Å²) in [5.41, 5.74) is 8.45. The fourth-order valence-electron chi connectivity index (χ4n) is 2.32. The molecule has 0 aliphatic rings. The largest absolute Gasteiger partial charge is 0.369 e. The number of imidazole rings is 1. The summed E-state index contributed by atoms with van der Waals surface area (Å²) in [6, 6.07) is 5.72. The Morgan fingerprint density at radius 1 is 1.35 bits per heavy atom. The second-order valence-corrected chi connectivity index (χ2v) is 4.92. The summed E-state index contributed by atoms with van der Waals surface area (Å²) in [7, 11) is 0. The maximum absolute atomic E-state index is 11.8. The zero-order valence-corrected chi connectivity index (χ0v) is 12.1. The van der Waals surface area contributed by atoms with Crippen LogP contribution in [0.2, 0.25) is 0 Å². The lowest BCUT2D eigenvalue weighted by molar-refractivity contribution is -0.116. The van der Waals surface area contributed by atoms with Gasteiger partial charge < -0.3 is 15.6 Å². The molecule has 2 aromatic rings. The van der Waals surface area contributed by atoms with Crippen molar-refractivity contribution in [2.45, 2.75) is 46.1 Å². The van der Waals surface area contributed by atoms with Crippen LogP contribution in [0.25, 0.3) is 11.0 Å². The minimum atomic E-state index is 0.0562. The predicted molar refractivity (Wildman–Crippen MR) is 82.6 cm³/mol. The standard InChI is InChI=1S/C15H22N4O/c1-3-5-6-7-14(20)17-11-8-9-13-12(10-11)18-15(16)19(13)4-2/h8-10H,3-7H2,1-2H3,(H2,16,18)(H,17,20). The molecule has 2 rings (SSSR count). The fraction of sp³-hybridized carbons (Fsp3) is 0.467. The lowest BCUT2D eigenvalue weighted by atomic mass is 10.2. The molecule has 0 spiro atoms. The highest BCUT2D eigenvalue weighted by molar-refractivity contribution is 5.93. The Hall–Kier alpha value is -2.04. The Bertz CT molecular complexity index is 603. The number of aryl methyl sites for hydroxylation is 1. The number of nitrogens with two attached hydrogens (primary N) is 1. The molecule has 0 aliphatic heterocycles. The van der Waals surface area contributed by atoms with Gasteiger partial charge >= 0.3 is 0 Å². The Balaban J connectivity index is 2.10. The minimum absolute atomic E-state index is 0.0562. The molecule has 0 atom stereocenters. The number of anilines is 2.